The highest BCUT2D eigenvalue weighted by Crippen LogP contribution is 2.18. The summed E-state index contributed by atoms with van der Waals surface area (Å²) in [6.07, 6.45) is 0.942. The molecule has 1 amide bonds. The van der Waals surface area contributed by atoms with Gasteiger partial charge >= 0.3 is 0 Å². The number of pyridine rings is 1. The van der Waals surface area contributed by atoms with Crippen molar-refractivity contribution in [2.24, 2.45) is 0 Å². The van der Waals surface area contributed by atoms with Crippen LogP contribution in [0.15, 0.2) is 53.6 Å². The van der Waals surface area contributed by atoms with Crippen LogP contribution in [0.25, 0.3) is 0 Å². The van der Waals surface area contributed by atoms with E-state index in [0.717, 1.165) is 0 Å². The molecule has 1 fully saturated rings. The van der Waals surface area contributed by atoms with Gasteiger partial charge in [0.2, 0.25) is 10.0 Å². The first kappa shape index (κ1) is 20.2. The first-order valence-corrected chi connectivity index (χ1v) is 10.5. The van der Waals surface area contributed by atoms with Gasteiger partial charge in [0.25, 0.3) is 5.91 Å². The lowest BCUT2D eigenvalue weighted by molar-refractivity contribution is -0.142. The van der Waals surface area contributed by atoms with Crippen LogP contribution in [0.2, 0.25) is 0 Å². The van der Waals surface area contributed by atoms with Crippen molar-refractivity contribution in [2.45, 2.75) is 24.5 Å². The molecule has 8 nitrogen and oxygen atoms in total. The van der Waals surface area contributed by atoms with E-state index in [2.05, 4.69) is 9.71 Å². The minimum Gasteiger partial charge on any atom is -0.481 e. The minimum absolute atomic E-state index is 0.104. The summed E-state index contributed by atoms with van der Waals surface area (Å²) in [4.78, 5) is 18.3. The van der Waals surface area contributed by atoms with Gasteiger partial charge < -0.3 is 14.4 Å². The first-order valence-electron chi connectivity index (χ1n) is 8.98. The van der Waals surface area contributed by atoms with E-state index in [1.165, 1.54) is 12.1 Å². The smallest absolute Gasteiger partial charge is 0.263 e. The Bertz CT molecular complexity index is 882. The highest BCUT2D eigenvalue weighted by atomic mass is 32.2. The number of ether oxygens (including phenoxy) is 2. The van der Waals surface area contributed by atoms with Gasteiger partial charge in [0.1, 0.15) is 5.75 Å². The van der Waals surface area contributed by atoms with Gasteiger partial charge in [-0.15, -0.1) is 0 Å². The average molecular weight is 405 g/mol. The Morgan fingerprint density at radius 3 is 2.57 bits per heavy atom. The number of carbonyl (C=O) groups excluding carboxylic acids is 1. The molecule has 0 aliphatic carbocycles. The highest BCUT2D eigenvalue weighted by molar-refractivity contribution is 7.89. The summed E-state index contributed by atoms with van der Waals surface area (Å²) in [5, 5.41) is 0. The molecule has 1 saturated heterocycles. The largest absolute Gasteiger partial charge is 0.481 e. The van der Waals surface area contributed by atoms with Crippen LogP contribution in [0.5, 0.6) is 5.75 Å². The molecule has 1 aromatic heterocycles. The van der Waals surface area contributed by atoms with Crippen LogP contribution in [0.1, 0.15) is 12.6 Å². The van der Waals surface area contributed by atoms with Gasteiger partial charge in [0.05, 0.1) is 30.3 Å². The third-order valence-corrected chi connectivity index (χ3v) is 5.70. The lowest BCUT2D eigenvalue weighted by Crippen LogP contribution is -2.46. The van der Waals surface area contributed by atoms with E-state index in [9.17, 15) is 13.2 Å². The zero-order chi connectivity index (χ0) is 20.0. The number of carbonyl (C=O) groups is 1. The summed E-state index contributed by atoms with van der Waals surface area (Å²) in [6.45, 7) is 3.92. The molecule has 0 saturated carbocycles. The zero-order valence-corrected chi connectivity index (χ0v) is 16.4. The van der Waals surface area contributed by atoms with Crippen molar-refractivity contribution < 1.29 is 22.7 Å². The van der Waals surface area contributed by atoms with E-state index in [1.807, 2.05) is 0 Å². The summed E-state index contributed by atoms with van der Waals surface area (Å²) in [7, 11) is -3.67. The maximum absolute atomic E-state index is 12.4. The van der Waals surface area contributed by atoms with Crippen LogP contribution < -0.4 is 9.46 Å². The molecule has 9 heteroatoms. The molecule has 1 atom stereocenters. The predicted octanol–water partition coefficient (Wildman–Crippen LogP) is 1.19. The predicted molar refractivity (Wildman–Crippen MR) is 102 cm³/mol. The van der Waals surface area contributed by atoms with Crippen molar-refractivity contribution >= 4 is 15.9 Å². The second kappa shape index (κ2) is 9.13. The van der Waals surface area contributed by atoms with Gasteiger partial charge in [0.15, 0.2) is 6.10 Å². The molecule has 150 valence electrons. The summed E-state index contributed by atoms with van der Waals surface area (Å²) >= 11 is 0. The van der Waals surface area contributed by atoms with Crippen molar-refractivity contribution in [3.63, 3.8) is 0 Å². The Labute approximate surface area is 164 Å². The molecule has 3 rings (SSSR count). The average Bonchev–Trinajstić information content (AvgIpc) is 2.73. The number of rotatable bonds is 7. The molecule has 2 heterocycles. The lowest BCUT2D eigenvalue weighted by Gasteiger charge is -2.29. The van der Waals surface area contributed by atoms with Gasteiger partial charge in [0, 0.05) is 19.3 Å². The van der Waals surface area contributed by atoms with Gasteiger partial charge in [-0.05, 0) is 43.3 Å². The topological polar surface area (TPSA) is 97.8 Å². The molecule has 0 spiro atoms. The van der Waals surface area contributed by atoms with Crippen molar-refractivity contribution in [2.75, 3.05) is 26.3 Å². The van der Waals surface area contributed by atoms with Crippen molar-refractivity contribution in [3.8, 4) is 5.75 Å². The van der Waals surface area contributed by atoms with Crippen LogP contribution >= 0.6 is 0 Å². The fourth-order valence-electron chi connectivity index (χ4n) is 2.75. The van der Waals surface area contributed by atoms with Gasteiger partial charge in [-0.3, -0.25) is 9.78 Å². The summed E-state index contributed by atoms with van der Waals surface area (Å²) in [5.41, 5.74) is 0.626. The number of nitrogens with zero attached hydrogens (tertiary/aromatic N) is 2. The third-order valence-electron chi connectivity index (χ3n) is 4.29. The number of morpholine rings is 1. The third kappa shape index (κ3) is 5.28. The van der Waals surface area contributed by atoms with E-state index in [4.69, 9.17) is 9.47 Å². The Hall–Kier alpha value is -2.49. The number of amides is 1. The Morgan fingerprint density at radius 1 is 1.21 bits per heavy atom. The van der Waals surface area contributed by atoms with Crippen LogP contribution in [0, 0.1) is 0 Å². The monoisotopic (exact) mass is 405 g/mol. The standard InChI is InChI=1S/C19H23N3O5S/c1-15(19(23)22-10-12-26-13-11-22)27-17-5-7-18(8-6-17)28(24,25)21-14-16-4-2-3-9-20-16/h2-9,15,21H,10-14H2,1H3/t15-/m1/s1. The molecule has 0 unspecified atom stereocenters. The fourth-order valence-corrected chi connectivity index (χ4v) is 3.75. The Kier molecular flexibility index (Phi) is 6.61. The van der Waals surface area contributed by atoms with Crippen LogP contribution in [-0.4, -0.2) is 56.6 Å². The number of hydrogen-bond acceptors (Lipinski definition) is 6. The molecule has 28 heavy (non-hydrogen) atoms. The van der Waals surface area contributed by atoms with Crippen LogP contribution in [0.3, 0.4) is 0 Å². The maximum atomic E-state index is 12.4. The summed E-state index contributed by atoms with van der Waals surface area (Å²) < 4.78 is 38.2. The molecule has 0 bridgehead atoms. The number of sulfonamides is 1. The first-order chi connectivity index (χ1) is 13.5. The molecule has 1 aliphatic rings. The second-order valence-electron chi connectivity index (χ2n) is 6.31. The molecule has 1 aromatic carbocycles. The number of nitrogens with one attached hydrogen (secondary N) is 1. The number of benzene rings is 1. The Balaban J connectivity index is 1.58. The lowest BCUT2D eigenvalue weighted by atomic mass is 10.3. The van der Waals surface area contributed by atoms with Crippen molar-refractivity contribution in [1.29, 1.82) is 0 Å². The molecular weight excluding hydrogens is 382 g/mol. The van der Waals surface area contributed by atoms with Gasteiger partial charge in [-0.25, -0.2) is 13.1 Å². The highest BCUT2D eigenvalue weighted by Gasteiger charge is 2.24. The molecule has 1 aliphatic heterocycles. The van der Waals surface area contributed by atoms with Crippen LogP contribution in [-0.2, 0) is 26.1 Å². The normalized spacial score (nSPS) is 15.8. The van der Waals surface area contributed by atoms with Gasteiger partial charge in [-0.2, -0.15) is 0 Å². The fraction of sp³-hybridized carbons (Fsp3) is 0.368. The molecular formula is C19H23N3O5S. The van der Waals surface area contributed by atoms with E-state index in [1.54, 1.807) is 48.4 Å². The number of hydrogen-bond donors (Lipinski definition) is 1. The zero-order valence-electron chi connectivity index (χ0n) is 15.6. The second-order valence-corrected chi connectivity index (χ2v) is 8.08. The van der Waals surface area contributed by atoms with E-state index in [-0.39, 0.29) is 17.3 Å². The summed E-state index contributed by atoms with van der Waals surface area (Å²) in [5.74, 6) is 0.315. The molecule has 0 radical (unpaired) electrons. The SMILES string of the molecule is C[C@@H](Oc1ccc(S(=O)(=O)NCc2ccccn2)cc1)C(=O)N1CCOCC1. The molecule has 1 N–H and O–H groups in total. The summed E-state index contributed by atoms with van der Waals surface area (Å²) in [6, 6.07) is 11.3. The van der Waals surface area contributed by atoms with Gasteiger partial charge in [-0.1, -0.05) is 6.07 Å². The van der Waals surface area contributed by atoms with E-state index < -0.39 is 16.1 Å². The minimum atomic E-state index is -3.67. The number of aromatic nitrogens is 1. The van der Waals surface area contributed by atoms with E-state index >= 15 is 0 Å². The van der Waals surface area contributed by atoms with Crippen molar-refractivity contribution in [1.82, 2.24) is 14.6 Å². The quantitative estimate of drug-likeness (QED) is 0.743. The van der Waals surface area contributed by atoms with Crippen molar-refractivity contribution in [3.05, 3.63) is 54.4 Å². The van der Waals surface area contributed by atoms with E-state index in [0.29, 0.717) is 37.7 Å². The maximum Gasteiger partial charge on any atom is 0.263 e. The Morgan fingerprint density at radius 2 is 1.93 bits per heavy atom. The molecule has 2 aromatic rings. The van der Waals surface area contributed by atoms with Crippen LogP contribution in [0.4, 0.5) is 0 Å².